The average molecular weight is 241 g/mol. The molecule has 0 aromatic carbocycles. The quantitative estimate of drug-likeness (QED) is 0.462. The van der Waals surface area contributed by atoms with E-state index < -0.39 is 0 Å². The van der Waals surface area contributed by atoms with Crippen molar-refractivity contribution < 1.29 is 0 Å². The van der Waals surface area contributed by atoms with E-state index >= 15 is 0 Å². The summed E-state index contributed by atoms with van der Waals surface area (Å²) in [7, 11) is 0. The fourth-order valence-corrected chi connectivity index (χ4v) is 2.19. The summed E-state index contributed by atoms with van der Waals surface area (Å²) >= 11 is 0. The highest BCUT2D eigenvalue weighted by atomic mass is 14.6. The highest BCUT2D eigenvalue weighted by Gasteiger charge is 2.13. The van der Waals surface area contributed by atoms with Crippen molar-refractivity contribution in [2.45, 2.75) is 91.4 Å². The van der Waals surface area contributed by atoms with Crippen LogP contribution in [0.3, 0.4) is 0 Å². The Balaban J connectivity index is 3.09. The van der Waals surface area contributed by atoms with E-state index in [1.165, 1.54) is 70.6 Å². The molecule has 0 unspecified atom stereocenters. The maximum absolute atomic E-state index is 5.73. The van der Waals surface area contributed by atoms with Gasteiger partial charge in [-0.05, 0) is 18.4 Å². The zero-order chi connectivity index (χ0) is 13.0. The molecule has 0 aromatic rings. The second-order valence-corrected chi connectivity index (χ2v) is 6.30. The molecule has 0 saturated carbocycles. The SMILES string of the molecule is CCCCCCCCCCCCC(C)(C)CN. The lowest BCUT2D eigenvalue weighted by molar-refractivity contribution is 0.330. The van der Waals surface area contributed by atoms with Gasteiger partial charge in [-0.3, -0.25) is 0 Å². The monoisotopic (exact) mass is 241 g/mol. The molecule has 0 heterocycles. The summed E-state index contributed by atoms with van der Waals surface area (Å²) in [4.78, 5) is 0. The van der Waals surface area contributed by atoms with Gasteiger partial charge in [-0.15, -0.1) is 0 Å². The minimum atomic E-state index is 0.361. The molecule has 0 aromatic heterocycles. The number of rotatable bonds is 12. The van der Waals surface area contributed by atoms with Crippen LogP contribution in [0.4, 0.5) is 0 Å². The molecule has 2 N–H and O–H groups in total. The van der Waals surface area contributed by atoms with Gasteiger partial charge in [0.25, 0.3) is 0 Å². The Hall–Kier alpha value is -0.0400. The molecule has 17 heavy (non-hydrogen) atoms. The summed E-state index contributed by atoms with van der Waals surface area (Å²) in [6.07, 6.45) is 15.5. The predicted octanol–water partition coefficient (Wildman–Crippen LogP) is 5.28. The molecule has 0 saturated heterocycles. The third-order valence-corrected chi connectivity index (χ3v) is 3.76. The first-order valence-corrected chi connectivity index (χ1v) is 7.82. The Bertz CT molecular complexity index is 152. The highest BCUT2D eigenvalue weighted by Crippen LogP contribution is 2.22. The van der Waals surface area contributed by atoms with Crippen LogP contribution in [-0.4, -0.2) is 6.54 Å². The predicted molar refractivity (Wildman–Crippen MR) is 79.3 cm³/mol. The Morgan fingerprint density at radius 3 is 1.53 bits per heavy atom. The van der Waals surface area contributed by atoms with Gasteiger partial charge in [0.1, 0.15) is 0 Å². The van der Waals surface area contributed by atoms with Gasteiger partial charge in [-0.1, -0.05) is 85.0 Å². The van der Waals surface area contributed by atoms with E-state index in [1.807, 2.05) is 0 Å². The zero-order valence-corrected chi connectivity index (χ0v) is 12.6. The number of hydrogen-bond donors (Lipinski definition) is 1. The second-order valence-electron chi connectivity index (χ2n) is 6.30. The minimum Gasteiger partial charge on any atom is -0.330 e. The van der Waals surface area contributed by atoms with E-state index in [2.05, 4.69) is 20.8 Å². The molecule has 0 spiro atoms. The molecule has 0 amide bonds. The van der Waals surface area contributed by atoms with Crippen molar-refractivity contribution in [3.8, 4) is 0 Å². The normalized spacial score (nSPS) is 12.0. The van der Waals surface area contributed by atoms with Crippen LogP contribution in [0.2, 0.25) is 0 Å². The summed E-state index contributed by atoms with van der Waals surface area (Å²) in [6.45, 7) is 7.66. The van der Waals surface area contributed by atoms with Crippen molar-refractivity contribution in [3.05, 3.63) is 0 Å². The van der Waals surface area contributed by atoms with Crippen molar-refractivity contribution >= 4 is 0 Å². The van der Waals surface area contributed by atoms with E-state index in [0.717, 1.165) is 6.54 Å². The van der Waals surface area contributed by atoms with Crippen LogP contribution in [-0.2, 0) is 0 Å². The van der Waals surface area contributed by atoms with E-state index in [1.54, 1.807) is 0 Å². The molecule has 1 heteroatoms. The van der Waals surface area contributed by atoms with Crippen LogP contribution in [0.25, 0.3) is 0 Å². The maximum atomic E-state index is 5.73. The Morgan fingerprint density at radius 2 is 1.12 bits per heavy atom. The van der Waals surface area contributed by atoms with Crippen molar-refractivity contribution in [3.63, 3.8) is 0 Å². The van der Waals surface area contributed by atoms with Crippen molar-refractivity contribution in [2.75, 3.05) is 6.54 Å². The molecule has 0 rings (SSSR count). The Kier molecular flexibility index (Phi) is 11.0. The standard InChI is InChI=1S/C16H35N/c1-4-5-6-7-8-9-10-11-12-13-14-16(2,3)15-17/h4-15,17H2,1-3H3. The van der Waals surface area contributed by atoms with Crippen LogP contribution in [0.5, 0.6) is 0 Å². The first-order chi connectivity index (χ1) is 8.12. The number of hydrogen-bond acceptors (Lipinski definition) is 1. The zero-order valence-electron chi connectivity index (χ0n) is 12.6. The van der Waals surface area contributed by atoms with Crippen LogP contribution < -0.4 is 5.73 Å². The van der Waals surface area contributed by atoms with Gasteiger partial charge in [0, 0.05) is 0 Å². The summed E-state index contributed by atoms with van der Waals surface area (Å²) < 4.78 is 0. The minimum absolute atomic E-state index is 0.361. The maximum Gasteiger partial charge on any atom is -0.00258 e. The second kappa shape index (κ2) is 11.1. The molecule has 0 aliphatic carbocycles. The molecule has 0 radical (unpaired) electrons. The van der Waals surface area contributed by atoms with Gasteiger partial charge >= 0.3 is 0 Å². The third kappa shape index (κ3) is 12.2. The Morgan fingerprint density at radius 1 is 0.706 bits per heavy atom. The molecule has 0 atom stereocenters. The van der Waals surface area contributed by atoms with Crippen LogP contribution in [0.1, 0.15) is 91.4 Å². The lowest BCUT2D eigenvalue weighted by Gasteiger charge is -2.21. The number of unbranched alkanes of at least 4 members (excludes halogenated alkanes) is 9. The summed E-state index contributed by atoms with van der Waals surface area (Å²) in [5.74, 6) is 0. The van der Waals surface area contributed by atoms with Crippen LogP contribution in [0.15, 0.2) is 0 Å². The fraction of sp³-hybridized carbons (Fsp3) is 1.00. The molecular weight excluding hydrogens is 206 g/mol. The smallest absolute Gasteiger partial charge is 0.00258 e. The molecule has 0 fully saturated rings. The molecular formula is C16H35N. The van der Waals surface area contributed by atoms with Crippen molar-refractivity contribution in [2.24, 2.45) is 11.1 Å². The van der Waals surface area contributed by atoms with E-state index in [-0.39, 0.29) is 0 Å². The molecule has 0 bridgehead atoms. The largest absolute Gasteiger partial charge is 0.330 e. The number of nitrogens with two attached hydrogens (primary N) is 1. The van der Waals surface area contributed by atoms with Crippen molar-refractivity contribution in [1.82, 2.24) is 0 Å². The Labute approximate surface area is 110 Å². The third-order valence-electron chi connectivity index (χ3n) is 3.76. The molecule has 104 valence electrons. The first kappa shape index (κ1) is 17.0. The summed E-state index contributed by atoms with van der Waals surface area (Å²) in [5.41, 5.74) is 6.09. The highest BCUT2D eigenvalue weighted by molar-refractivity contribution is 4.68. The molecule has 0 aliphatic rings. The van der Waals surface area contributed by atoms with E-state index in [0.29, 0.717) is 5.41 Å². The van der Waals surface area contributed by atoms with Gasteiger partial charge in [0.2, 0.25) is 0 Å². The van der Waals surface area contributed by atoms with Crippen LogP contribution >= 0.6 is 0 Å². The fourth-order valence-electron chi connectivity index (χ4n) is 2.19. The summed E-state index contributed by atoms with van der Waals surface area (Å²) in [6, 6.07) is 0. The summed E-state index contributed by atoms with van der Waals surface area (Å²) in [5, 5.41) is 0. The molecule has 0 aliphatic heterocycles. The van der Waals surface area contributed by atoms with Crippen molar-refractivity contribution in [1.29, 1.82) is 0 Å². The lowest BCUT2D eigenvalue weighted by Crippen LogP contribution is -2.23. The van der Waals surface area contributed by atoms with Gasteiger partial charge in [0.05, 0.1) is 0 Å². The van der Waals surface area contributed by atoms with Gasteiger partial charge < -0.3 is 5.73 Å². The average Bonchev–Trinajstić information content (AvgIpc) is 2.31. The van der Waals surface area contributed by atoms with E-state index in [4.69, 9.17) is 5.73 Å². The van der Waals surface area contributed by atoms with Gasteiger partial charge in [-0.25, -0.2) is 0 Å². The van der Waals surface area contributed by atoms with Crippen LogP contribution in [0, 0.1) is 5.41 Å². The topological polar surface area (TPSA) is 26.0 Å². The van der Waals surface area contributed by atoms with Gasteiger partial charge in [-0.2, -0.15) is 0 Å². The first-order valence-electron chi connectivity index (χ1n) is 7.82. The van der Waals surface area contributed by atoms with E-state index in [9.17, 15) is 0 Å². The van der Waals surface area contributed by atoms with Gasteiger partial charge in [0.15, 0.2) is 0 Å². The molecule has 1 nitrogen and oxygen atoms in total. The lowest BCUT2D eigenvalue weighted by atomic mass is 9.87.